The van der Waals surface area contributed by atoms with Gasteiger partial charge in [-0.1, -0.05) is 0 Å². The number of pyridine rings is 1. The minimum atomic E-state index is -0.115. The van der Waals surface area contributed by atoms with Gasteiger partial charge in [-0.2, -0.15) is 0 Å². The van der Waals surface area contributed by atoms with E-state index in [1.54, 1.807) is 19.3 Å². The van der Waals surface area contributed by atoms with Gasteiger partial charge in [0.25, 0.3) is 5.56 Å². The molecule has 1 saturated heterocycles. The maximum absolute atomic E-state index is 12.1. The Morgan fingerprint density at radius 3 is 2.73 bits per heavy atom. The number of hydrogen-bond acceptors (Lipinski definition) is 6. The van der Waals surface area contributed by atoms with Gasteiger partial charge in [0.15, 0.2) is 11.6 Å². The molecule has 0 aromatic carbocycles. The summed E-state index contributed by atoms with van der Waals surface area (Å²) in [5.41, 5.74) is 0.345. The van der Waals surface area contributed by atoms with E-state index in [0.717, 1.165) is 36.5 Å². The number of nitrogens with one attached hydrogen (secondary N) is 2. The summed E-state index contributed by atoms with van der Waals surface area (Å²) < 4.78 is 2.33. The van der Waals surface area contributed by atoms with Crippen molar-refractivity contribution in [1.82, 2.24) is 20.1 Å². The first-order valence-corrected chi connectivity index (χ1v) is 7.85. The van der Waals surface area contributed by atoms with Gasteiger partial charge in [0.1, 0.15) is 5.69 Å². The molecule has 3 rings (SSSR count). The van der Waals surface area contributed by atoms with Gasteiger partial charge in [0.2, 0.25) is 0 Å². The fourth-order valence-corrected chi connectivity index (χ4v) is 2.89. The molecule has 0 unspecified atom stereocenters. The van der Waals surface area contributed by atoms with Gasteiger partial charge in [-0.05, 0) is 34.1 Å². The molecule has 22 heavy (non-hydrogen) atoms. The zero-order valence-corrected chi connectivity index (χ0v) is 13.8. The van der Waals surface area contributed by atoms with Crippen LogP contribution in [-0.2, 0) is 7.05 Å². The number of anilines is 3. The molecule has 0 radical (unpaired) electrons. The van der Waals surface area contributed by atoms with Gasteiger partial charge < -0.3 is 20.1 Å². The first-order chi connectivity index (χ1) is 10.6. The molecule has 0 atom stereocenters. The van der Waals surface area contributed by atoms with E-state index in [1.165, 1.54) is 4.57 Å². The van der Waals surface area contributed by atoms with Crippen LogP contribution in [0.3, 0.4) is 0 Å². The monoisotopic (exact) mass is 364 g/mol. The zero-order chi connectivity index (χ0) is 15.5. The standard InChI is InChI=1S/C14H17BrN6O/c1-20-9-10(15)8-11(14(20)22)17-12-2-3-13(19-18-12)21-6-4-16-5-7-21/h2-3,8-9,16H,4-7H2,1H3,(H,17,18). The van der Waals surface area contributed by atoms with Crippen LogP contribution in [0.25, 0.3) is 0 Å². The normalized spacial score (nSPS) is 14.9. The summed E-state index contributed by atoms with van der Waals surface area (Å²) in [6, 6.07) is 5.49. The molecule has 8 heteroatoms. The third-order valence-corrected chi connectivity index (χ3v) is 3.94. The molecule has 2 aromatic heterocycles. The van der Waals surface area contributed by atoms with Crippen LogP contribution in [0.2, 0.25) is 0 Å². The summed E-state index contributed by atoms with van der Waals surface area (Å²) in [7, 11) is 1.71. The summed E-state index contributed by atoms with van der Waals surface area (Å²) in [5, 5.41) is 14.7. The summed E-state index contributed by atoms with van der Waals surface area (Å²) >= 11 is 3.38. The molecule has 0 spiro atoms. The Kier molecular flexibility index (Phi) is 4.39. The quantitative estimate of drug-likeness (QED) is 0.848. The van der Waals surface area contributed by atoms with E-state index in [-0.39, 0.29) is 5.56 Å². The molecule has 0 saturated carbocycles. The molecule has 1 fully saturated rings. The molecule has 2 N–H and O–H groups in total. The van der Waals surface area contributed by atoms with Crippen LogP contribution in [0.1, 0.15) is 0 Å². The Labute approximate surface area is 136 Å². The van der Waals surface area contributed by atoms with Crippen LogP contribution in [0.15, 0.2) is 33.7 Å². The maximum atomic E-state index is 12.1. The fraction of sp³-hybridized carbons (Fsp3) is 0.357. The fourth-order valence-electron chi connectivity index (χ4n) is 2.35. The summed E-state index contributed by atoms with van der Waals surface area (Å²) in [4.78, 5) is 14.2. The Balaban J connectivity index is 1.77. The van der Waals surface area contributed by atoms with Crippen molar-refractivity contribution >= 4 is 33.3 Å². The van der Waals surface area contributed by atoms with E-state index in [2.05, 4.69) is 41.7 Å². The zero-order valence-electron chi connectivity index (χ0n) is 12.2. The van der Waals surface area contributed by atoms with Gasteiger partial charge in [-0.15, -0.1) is 10.2 Å². The SMILES string of the molecule is Cn1cc(Br)cc(Nc2ccc(N3CCNCC3)nn2)c1=O. The molecular formula is C14H17BrN6O. The van der Waals surface area contributed by atoms with E-state index in [9.17, 15) is 4.79 Å². The van der Waals surface area contributed by atoms with Gasteiger partial charge in [0.05, 0.1) is 0 Å². The van der Waals surface area contributed by atoms with Crippen LogP contribution in [-0.4, -0.2) is 40.9 Å². The van der Waals surface area contributed by atoms with Crippen molar-refractivity contribution in [1.29, 1.82) is 0 Å². The van der Waals surface area contributed by atoms with Crippen LogP contribution in [0.5, 0.6) is 0 Å². The number of hydrogen-bond donors (Lipinski definition) is 2. The topological polar surface area (TPSA) is 75.1 Å². The maximum Gasteiger partial charge on any atom is 0.274 e. The van der Waals surface area contributed by atoms with Crippen molar-refractivity contribution in [3.63, 3.8) is 0 Å². The first-order valence-electron chi connectivity index (χ1n) is 7.06. The summed E-state index contributed by atoms with van der Waals surface area (Å²) in [5.74, 6) is 1.41. The van der Waals surface area contributed by atoms with Crippen molar-refractivity contribution in [2.24, 2.45) is 7.05 Å². The molecule has 0 aliphatic carbocycles. The highest BCUT2D eigenvalue weighted by Gasteiger charge is 2.12. The Morgan fingerprint density at radius 2 is 2.05 bits per heavy atom. The van der Waals surface area contributed by atoms with Crippen LogP contribution >= 0.6 is 15.9 Å². The second kappa shape index (κ2) is 6.45. The summed E-state index contributed by atoms with van der Waals surface area (Å²) in [6.45, 7) is 3.76. The molecule has 1 aliphatic rings. The molecule has 0 amide bonds. The van der Waals surface area contributed by atoms with Crippen molar-refractivity contribution in [3.8, 4) is 0 Å². The highest BCUT2D eigenvalue weighted by Crippen LogP contribution is 2.17. The van der Waals surface area contributed by atoms with Crippen LogP contribution in [0, 0.1) is 0 Å². The van der Waals surface area contributed by atoms with Crippen LogP contribution < -0.4 is 21.1 Å². The van der Waals surface area contributed by atoms with E-state index >= 15 is 0 Å². The number of halogens is 1. The highest BCUT2D eigenvalue weighted by atomic mass is 79.9. The smallest absolute Gasteiger partial charge is 0.274 e. The van der Waals surface area contributed by atoms with E-state index < -0.39 is 0 Å². The van der Waals surface area contributed by atoms with E-state index in [4.69, 9.17) is 0 Å². The lowest BCUT2D eigenvalue weighted by molar-refractivity contribution is 0.583. The van der Waals surface area contributed by atoms with Gasteiger partial charge in [-0.3, -0.25) is 4.79 Å². The molecule has 116 valence electrons. The molecule has 7 nitrogen and oxygen atoms in total. The number of nitrogens with zero attached hydrogens (tertiary/aromatic N) is 4. The highest BCUT2D eigenvalue weighted by molar-refractivity contribution is 9.10. The van der Waals surface area contributed by atoms with Crippen molar-refractivity contribution in [2.75, 3.05) is 36.4 Å². The Hall–Kier alpha value is -1.93. The largest absolute Gasteiger partial charge is 0.353 e. The number of aryl methyl sites for hydroxylation is 1. The molecular weight excluding hydrogens is 348 g/mol. The van der Waals surface area contributed by atoms with Crippen molar-refractivity contribution in [3.05, 3.63) is 39.2 Å². The van der Waals surface area contributed by atoms with Gasteiger partial charge >= 0.3 is 0 Å². The minimum absolute atomic E-state index is 0.115. The average Bonchev–Trinajstić information content (AvgIpc) is 2.54. The lowest BCUT2D eigenvalue weighted by Gasteiger charge is -2.27. The third-order valence-electron chi connectivity index (χ3n) is 3.50. The number of aromatic nitrogens is 3. The third kappa shape index (κ3) is 3.28. The lowest BCUT2D eigenvalue weighted by atomic mass is 10.3. The first kappa shape index (κ1) is 15.0. The van der Waals surface area contributed by atoms with E-state index in [0.29, 0.717) is 11.5 Å². The molecule has 3 heterocycles. The Morgan fingerprint density at radius 1 is 1.27 bits per heavy atom. The second-order valence-electron chi connectivity index (χ2n) is 5.13. The van der Waals surface area contributed by atoms with Crippen molar-refractivity contribution in [2.45, 2.75) is 0 Å². The summed E-state index contributed by atoms with van der Waals surface area (Å²) in [6.07, 6.45) is 1.71. The van der Waals surface area contributed by atoms with Gasteiger partial charge in [0, 0.05) is 43.9 Å². The Bertz CT molecular complexity index is 708. The van der Waals surface area contributed by atoms with E-state index in [1.807, 2.05) is 12.1 Å². The predicted octanol–water partition coefficient (Wildman–Crippen LogP) is 1.09. The minimum Gasteiger partial charge on any atom is -0.353 e. The number of rotatable bonds is 3. The average molecular weight is 365 g/mol. The molecule has 2 aromatic rings. The molecule has 0 bridgehead atoms. The predicted molar refractivity (Wildman–Crippen MR) is 89.8 cm³/mol. The van der Waals surface area contributed by atoms with Crippen molar-refractivity contribution < 1.29 is 0 Å². The molecule has 1 aliphatic heterocycles. The van der Waals surface area contributed by atoms with Gasteiger partial charge in [-0.25, -0.2) is 0 Å². The second-order valence-corrected chi connectivity index (χ2v) is 6.04. The van der Waals surface area contributed by atoms with Crippen LogP contribution in [0.4, 0.5) is 17.3 Å². The number of piperazine rings is 1. The lowest BCUT2D eigenvalue weighted by Crippen LogP contribution is -2.43.